The lowest BCUT2D eigenvalue weighted by molar-refractivity contribution is -0.119. The quantitative estimate of drug-likeness (QED) is 0.634. The predicted octanol–water partition coefficient (Wildman–Crippen LogP) is 2.87. The summed E-state index contributed by atoms with van der Waals surface area (Å²) in [5.74, 6) is -1.01. The van der Waals surface area contributed by atoms with Crippen molar-refractivity contribution in [2.45, 2.75) is 20.3 Å². The lowest BCUT2D eigenvalue weighted by atomic mass is 10.00. The van der Waals surface area contributed by atoms with Gasteiger partial charge in [0.15, 0.2) is 11.5 Å². The molecule has 1 atom stereocenters. The zero-order chi connectivity index (χ0) is 17.7. The molecule has 2 aromatic carbocycles. The van der Waals surface area contributed by atoms with Crippen LogP contribution in [0.3, 0.4) is 0 Å². The van der Waals surface area contributed by atoms with Crippen LogP contribution in [0, 0.1) is 5.92 Å². The van der Waals surface area contributed by atoms with Crippen LogP contribution in [-0.2, 0) is 16.0 Å². The minimum Gasteiger partial charge on any atom is -0.504 e. The fourth-order valence-corrected chi connectivity index (χ4v) is 2.25. The highest BCUT2D eigenvalue weighted by molar-refractivity contribution is 5.93. The van der Waals surface area contributed by atoms with Crippen molar-refractivity contribution >= 4 is 23.2 Å². The molecule has 2 rings (SSSR count). The van der Waals surface area contributed by atoms with Gasteiger partial charge in [0, 0.05) is 24.2 Å². The number of aromatic hydroxyl groups is 2. The maximum Gasteiger partial charge on any atom is 0.227 e. The van der Waals surface area contributed by atoms with Crippen LogP contribution in [-0.4, -0.2) is 22.0 Å². The molecule has 6 heteroatoms. The summed E-state index contributed by atoms with van der Waals surface area (Å²) in [5.41, 5.74) is 2.05. The lowest BCUT2D eigenvalue weighted by Gasteiger charge is -2.13. The Balaban J connectivity index is 1.95. The Morgan fingerprint density at radius 2 is 1.54 bits per heavy atom. The van der Waals surface area contributed by atoms with Crippen molar-refractivity contribution in [2.75, 3.05) is 10.6 Å². The zero-order valence-electron chi connectivity index (χ0n) is 13.5. The van der Waals surface area contributed by atoms with Gasteiger partial charge in [-0.1, -0.05) is 13.0 Å². The minimum absolute atomic E-state index is 0.155. The number of phenols is 2. The zero-order valence-corrected chi connectivity index (χ0v) is 13.5. The van der Waals surface area contributed by atoms with Crippen LogP contribution in [0.2, 0.25) is 0 Å². The smallest absolute Gasteiger partial charge is 0.227 e. The molecule has 0 heterocycles. The molecular formula is C18H20N2O4. The van der Waals surface area contributed by atoms with Crippen LogP contribution in [0.25, 0.3) is 0 Å². The van der Waals surface area contributed by atoms with Gasteiger partial charge in [-0.2, -0.15) is 0 Å². The summed E-state index contributed by atoms with van der Waals surface area (Å²) < 4.78 is 0. The molecule has 24 heavy (non-hydrogen) atoms. The Hall–Kier alpha value is -3.02. The number of phenolic OH excluding ortho intramolecular Hbond substituents is 2. The van der Waals surface area contributed by atoms with Crippen molar-refractivity contribution in [2.24, 2.45) is 5.92 Å². The highest BCUT2D eigenvalue weighted by Gasteiger charge is 2.14. The van der Waals surface area contributed by atoms with Gasteiger partial charge in [-0.15, -0.1) is 0 Å². The van der Waals surface area contributed by atoms with Gasteiger partial charge in [0.05, 0.1) is 0 Å². The van der Waals surface area contributed by atoms with Crippen molar-refractivity contribution in [3.63, 3.8) is 0 Å². The Kier molecular flexibility index (Phi) is 5.42. The van der Waals surface area contributed by atoms with Gasteiger partial charge < -0.3 is 20.8 Å². The summed E-state index contributed by atoms with van der Waals surface area (Å²) in [6.07, 6.45) is 0.434. The average Bonchev–Trinajstić information content (AvgIpc) is 2.52. The SMILES string of the molecule is CC(=O)Nc1ccc(NC(=O)C(C)Cc2ccc(O)c(O)c2)cc1. The molecule has 0 spiro atoms. The van der Waals surface area contributed by atoms with Crippen molar-refractivity contribution < 1.29 is 19.8 Å². The van der Waals surface area contributed by atoms with Crippen molar-refractivity contribution in [1.29, 1.82) is 0 Å². The maximum atomic E-state index is 12.2. The fraction of sp³-hybridized carbons (Fsp3) is 0.222. The third-order valence-corrected chi connectivity index (χ3v) is 3.50. The van der Waals surface area contributed by atoms with E-state index in [-0.39, 0.29) is 29.2 Å². The van der Waals surface area contributed by atoms with Crippen LogP contribution >= 0.6 is 0 Å². The molecule has 0 aromatic heterocycles. The Morgan fingerprint density at radius 3 is 2.08 bits per heavy atom. The molecule has 0 saturated carbocycles. The first kappa shape index (κ1) is 17.3. The minimum atomic E-state index is -0.316. The first-order chi connectivity index (χ1) is 11.3. The number of amides is 2. The Morgan fingerprint density at radius 1 is 0.958 bits per heavy atom. The number of rotatable bonds is 5. The number of carbonyl (C=O) groups excluding carboxylic acids is 2. The summed E-state index contributed by atoms with van der Waals surface area (Å²) in [7, 11) is 0. The van der Waals surface area contributed by atoms with E-state index < -0.39 is 0 Å². The van der Waals surface area contributed by atoms with Gasteiger partial charge >= 0.3 is 0 Å². The third kappa shape index (κ3) is 4.74. The number of nitrogens with one attached hydrogen (secondary N) is 2. The molecule has 2 aromatic rings. The van der Waals surface area contributed by atoms with Crippen LogP contribution in [0.4, 0.5) is 11.4 Å². The summed E-state index contributed by atoms with van der Waals surface area (Å²) in [6, 6.07) is 11.3. The molecule has 0 aliphatic carbocycles. The highest BCUT2D eigenvalue weighted by Crippen LogP contribution is 2.26. The Bertz CT molecular complexity index is 741. The van der Waals surface area contributed by atoms with E-state index in [2.05, 4.69) is 10.6 Å². The second-order valence-corrected chi connectivity index (χ2v) is 5.68. The molecule has 0 bridgehead atoms. The first-order valence-electron chi connectivity index (χ1n) is 7.54. The molecule has 6 nitrogen and oxygen atoms in total. The summed E-state index contributed by atoms with van der Waals surface area (Å²) in [6.45, 7) is 3.21. The van der Waals surface area contributed by atoms with E-state index in [9.17, 15) is 19.8 Å². The van der Waals surface area contributed by atoms with Crippen LogP contribution in [0.5, 0.6) is 11.5 Å². The van der Waals surface area contributed by atoms with E-state index in [1.807, 2.05) is 0 Å². The normalized spacial score (nSPS) is 11.6. The predicted molar refractivity (Wildman–Crippen MR) is 92.0 cm³/mol. The molecule has 0 aliphatic rings. The molecule has 0 radical (unpaired) electrons. The summed E-state index contributed by atoms with van der Waals surface area (Å²) in [5, 5.41) is 24.3. The molecule has 2 amide bonds. The highest BCUT2D eigenvalue weighted by atomic mass is 16.3. The second-order valence-electron chi connectivity index (χ2n) is 5.68. The van der Waals surface area contributed by atoms with E-state index in [1.165, 1.54) is 19.1 Å². The molecule has 1 unspecified atom stereocenters. The average molecular weight is 328 g/mol. The second kappa shape index (κ2) is 7.50. The van der Waals surface area contributed by atoms with E-state index in [0.29, 0.717) is 17.8 Å². The molecule has 0 aliphatic heterocycles. The van der Waals surface area contributed by atoms with Crippen molar-refractivity contribution in [3.8, 4) is 11.5 Å². The first-order valence-corrected chi connectivity index (χ1v) is 7.54. The number of hydrogen-bond donors (Lipinski definition) is 4. The van der Waals surface area contributed by atoms with Crippen molar-refractivity contribution in [1.82, 2.24) is 0 Å². The standard InChI is InChI=1S/C18H20N2O4/c1-11(9-13-3-8-16(22)17(23)10-13)18(24)20-15-6-4-14(5-7-15)19-12(2)21/h3-8,10-11,22-23H,9H2,1-2H3,(H,19,21)(H,20,24). The van der Waals surface area contributed by atoms with Gasteiger partial charge in [0.1, 0.15) is 0 Å². The Labute approximate surface area is 140 Å². The van der Waals surface area contributed by atoms with Gasteiger partial charge in [-0.25, -0.2) is 0 Å². The van der Waals surface area contributed by atoms with Gasteiger partial charge in [-0.3, -0.25) is 9.59 Å². The fourth-order valence-electron chi connectivity index (χ4n) is 2.25. The third-order valence-electron chi connectivity index (χ3n) is 3.50. The monoisotopic (exact) mass is 328 g/mol. The topological polar surface area (TPSA) is 98.7 Å². The maximum absolute atomic E-state index is 12.2. The van der Waals surface area contributed by atoms with Gasteiger partial charge in [-0.05, 0) is 48.4 Å². The number of hydrogen-bond acceptors (Lipinski definition) is 4. The van der Waals surface area contributed by atoms with E-state index in [1.54, 1.807) is 37.3 Å². The number of carbonyl (C=O) groups is 2. The summed E-state index contributed by atoms with van der Waals surface area (Å²) in [4.78, 5) is 23.2. The number of anilines is 2. The number of benzene rings is 2. The van der Waals surface area contributed by atoms with Gasteiger partial charge in [0.2, 0.25) is 11.8 Å². The molecule has 0 fully saturated rings. The van der Waals surface area contributed by atoms with E-state index in [0.717, 1.165) is 5.56 Å². The van der Waals surface area contributed by atoms with Crippen molar-refractivity contribution in [3.05, 3.63) is 48.0 Å². The van der Waals surface area contributed by atoms with Crippen LogP contribution in [0.15, 0.2) is 42.5 Å². The largest absolute Gasteiger partial charge is 0.504 e. The van der Waals surface area contributed by atoms with E-state index in [4.69, 9.17) is 0 Å². The molecule has 0 saturated heterocycles. The molecule has 126 valence electrons. The van der Waals surface area contributed by atoms with E-state index >= 15 is 0 Å². The summed E-state index contributed by atoms with van der Waals surface area (Å²) >= 11 is 0. The van der Waals surface area contributed by atoms with Crippen LogP contribution in [0.1, 0.15) is 19.4 Å². The molecular weight excluding hydrogens is 308 g/mol. The lowest BCUT2D eigenvalue weighted by Crippen LogP contribution is -2.22. The molecule has 4 N–H and O–H groups in total. The van der Waals surface area contributed by atoms with Crippen LogP contribution < -0.4 is 10.6 Å². The van der Waals surface area contributed by atoms with Gasteiger partial charge in [0.25, 0.3) is 0 Å².